The predicted molar refractivity (Wildman–Crippen MR) is 36.9 cm³/mol. The van der Waals surface area contributed by atoms with Gasteiger partial charge in [-0.25, -0.2) is 0 Å². The van der Waals surface area contributed by atoms with Gasteiger partial charge in [0.05, 0.1) is 0 Å². The normalized spacial score (nSPS) is 22.9. The molecule has 0 saturated carbocycles. The fourth-order valence-corrected chi connectivity index (χ4v) is 1.36. The molecule has 0 radical (unpaired) electrons. The summed E-state index contributed by atoms with van der Waals surface area (Å²) in [5.74, 6) is 0. The van der Waals surface area contributed by atoms with Gasteiger partial charge in [-0.15, -0.1) is 11.5 Å². The first-order valence-electron chi connectivity index (χ1n) is 2.74. The van der Waals surface area contributed by atoms with Crippen molar-refractivity contribution in [2.75, 3.05) is 6.54 Å². The van der Waals surface area contributed by atoms with Gasteiger partial charge in [0.1, 0.15) is 0 Å². The third-order valence-electron chi connectivity index (χ3n) is 1.05. The van der Waals surface area contributed by atoms with Crippen molar-refractivity contribution in [2.45, 2.75) is 19.3 Å². The third kappa shape index (κ3) is 2.09. The first-order valence-corrected chi connectivity index (χ1v) is 3.71. The van der Waals surface area contributed by atoms with Crippen molar-refractivity contribution < 1.29 is 0 Å². The van der Waals surface area contributed by atoms with Gasteiger partial charge in [0.15, 0.2) is 0 Å². The Kier molecular flexibility index (Phi) is 2.44. The Balaban J connectivity index is 2.20. The summed E-state index contributed by atoms with van der Waals surface area (Å²) in [7, 11) is 0. The van der Waals surface area contributed by atoms with Crippen LogP contribution in [0.15, 0.2) is 0 Å². The molecule has 0 saturated heterocycles. The molecule has 2 heteroatoms. The number of thiol groups is 1. The van der Waals surface area contributed by atoms with Gasteiger partial charge in [-0.3, -0.25) is 4.72 Å². The Hall–Kier alpha value is 0.180. The fraction of sp³-hybridized carbons (Fsp3) is 0.800. The lowest BCUT2D eigenvalue weighted by Crippen LogP contribution is -1.99. The molecule has 1 N–H and O–H groups in total. The van der Waals surface area contributed by atoms with Crippen LogP contribution in [0.4, 0.5) is 0 Å². The van der Waals surface area contributed by atoms with Crippen molar-refractivity contribution >= 4 is 16.9 Å². The molecule has 0 aliphatic carbocycles. The second kappa shape index (κ2) is 3.22. The monoisotopic (exact) mass is 117 g/mol. The van der Waals surface area contributed by atoms with Gasteiger partial charge in [0.2, 0.25) is 0 Å². The van der Waals surface area contributed by atoms with E-state index in [1.165, 1.54) is 37.3 Å². The largest absolute Gasteiger partial charge is 0.272 e. The Morgan fingerprint density at radius 3 is 3.43 bits per heavy atom. The summed E-state index contributed by atoms with van der Waals surface area (Å²) >= 11 is 1.33. The maximum Gasteiger partial charge on any atom is 0.00516 e. The van der Waals surface area contributed by atoms with Gasteiger partial charge in [-0.05, 0) is 19.3 Å². The van der Waals surface area contributed by atoms with Gasteiger partial charge in [0.25, 0.3) is 0 Å². The highest BCUT2D eigenvalue weighted by atomic mass is 32.1. The molecular formula is C5H11NS. The van der Waals surface area contributed by atoms with Crippen LogP contribution in [0, 0.1) is 0 Å². The quantitative estimate of drug-likeness (QED) is 0.355. The molecule has 0 unspecified atom stereocenters. The van der Waals surface area contributed by atoms with Crippen LogP contribution in [0.1, 0.15) is 19.3 Å². The average molecular weight is 117 g/mol. The molecule has 1 rings (SSSR count). The molecule has 0 aromatic heterocycles. The zero-order valence-electron chi connectivity index (χ0n) is 4.35. The van der Waals surface area contributed by atoms with Crippen molar-refractivity contribution in [1.29, 1.82) is 0 Å². The number of nitrogens with one attached hydrogen (secondary N) is 1. The molecule has 1 nitrogen and oxygen atoms in total. The fourth-order valence-electron chi connectivity index (χ4n) is 0.633. The van der Waals surface area contributed by atoms with E-state index in [1.807, 2.05) is 0 Å². The van der Waals surface area contributed by atoms with Crippen LogP contribution < -0.4 is 4.72 Å². The standard InChI is InChI=1S/C5H11NS/c1-2-4-6-7-5-3-1/h5-7H,1-4H2. The maximum atomic E-state index is 3.26. The molecule has 0 spiro atoms. The topological polar surface area (TPSA) is 12.0 Å². The van der Waals surface area contributed by atoms with E-state index in [-0.39, 0.29) is 0 Å². The summed E-state index contributed by atoms with van der Waals surface area (Å²) in [6.07, 6.45) is 4.03. The Labute approximate surface area is 48.2 Å². The molecular weight excluding hydrogens is 106 g/mol. The summed E-state index contributed by atoms with van der Waals surface area (Å²) < 4.78 is 3.26. The van der Waals surface area contributed by atoms with E-state index in [0.717, 1.165) is 0 Å². The van der Waals surface area contributed by atoms with Gasteiger partial charge >= 0.3 is 0 Å². The SMILES string of the molecule is C1=[SH]NCCCC1. The first-order chi connectivity index (χ1) is 3.50. The van der Waals surface area contributed by atoms with Crippen molar-refractivity contribution in [3.63, 3.8) is 0 Å². The predicted octanol–water partition coefficient (Wildman–Crippen LogP) is 0.943. The lowest BCUT2D eigenvalue weighted by atomic mass is 10.3. The average Bonchev–Trinajstić information content (AvgIpc) is 1.90. The summed E-state index contributed by atoms with van der Waals surface area (Å²) in [6, 6.07) is 0. The van der Waals surface area contributed by atoms with E-state index >= 15 is 0 Å². The minimum atomic E-state index is 1.21. The van der Waals surface area contributed by atoms with Gasteiger partial charge in [0, 0.05) is 6.54 Å². The van der Waals surface area contributed by atoms with Crippen molar-refractivity contribution in [1.82, 2.24) is 4.72 Å². The Bertz CT molecular complexity index is 62.5. The molecule has 1 aliphatic heterocycles. The van der Waals surface area contributed by atoms with Crippen LogP contribution in [0.3, 0.4) is 0 Å². The van der Waals surface area contributed by atoms with Gasteiger partial charge < -0.3 is 0 Å². The number of hydrogen-bond acceptors (Lipinski definition) is 1. The molecule has 1 heterocycles. The van der Waals surface area contributed by atoms with E-state index in [0.29, 0.717) is 0 Å². The molecule has 0 aromatic rings. The zero-order chi connectivity index (χ0) is 4.95. The van der Waals surface area contributed by atoms with Crippen molar-refractivity contribution in [3.8, 4) is 0 Å². The van der Waals surface area contributed by atoms with Gasteiger partial charge in [-0.1, -0.05) is 5.37 Å². The molecule has 0 amide bonds. The summed E-state index contributed by atoms with van der Waals surface area (Å²) in [5, 5.41) is 2.28. The van der Waals surface area contributed by atoms with E-state index < -0.39 is 0 Å². The second-order valence-electron chi connectivity index (χ2n) is 1.72. The summed E-state index contributed by atoms with van der Waals surface area (Å²) in [6.45, 7) is 1.21. The number of hydrogen-bond donors (Lipinski definition) is 2. The van der Waals surface area contributed by atoms with Crippen LogP contribution in [0.2, 0.25) is 0 Å². The first kappa shape index (κ1) is 5.32. The van der Waals surface area contributed by atoms with Crippen molar-refractivity contribution in [3.05, 3.63) is 0 Å². The highest BCUT2D eigenvalue weighted by Gasteiger charge is 1.87. The molecule has 42 valence electrons. The van der Waals surface area contributed by atoms with Crippen LogP contribution >= 0.6 is 11.5 Å². The highest BCUT2D eigenvalue weighted by Crippen LogP contribution is 1.97. The number of rotatable bonds is 0. The Morgan fingerprint density at radius 2 is 2.43 bits per heavy atom. The lowest BCUT2D eigenvalue weighted by molar-refractivity contribution is 0.762. The van der Waals surface area contributed by atoms with E-state index in [9.17, 15) is 0 Å². The molecule has 0 atom stereocenters. The van der Waals surface area contributed by atoms with E-state index in [2.05, 4.69) is 10.1 Å². The van der Waals surface area contributed by atoms with Crippen LogP contribution in [-0.2, 0) is 0 Å². The summed E-state index contributed by atoms with van der Waals surface area (Å²) in [4.78, 5) is 0. The smallest absolute Gasteiger partial charge is 0.00516 e. The van der Waals surface area contributed by atoms with Crippen LogP contribution in [0.25, 0.3) is 0 Å². The molecule has 0 fully saturated rings. The maximum absolute atomic E-state index is 3.26. The Morgan fingerprint density at radius 1 is 1.43 bits per heavy atom. The lowest BCUT2D eigenvalue weighted by Gasteiger charge is -1.88. The molecule has 1 aliphatic rings. The molecule has 7 heavy (non-hydrogen) atoms. The van der Waals surface area contributed by atoms with Crippen molar-refractivity contribution in [2.24, 2.45) is 0 Å². The van der Waals surface area contributed by atoms with E-state index in [1.54, 1.807) is 0 Å². The van der Waals surface area contributed by atoms with E-state index in [4.69, 9.17) is 0 Å². The zero-order valence-corrected chi connectivity index (χ0v) is 5.25. The van der Waals surface area contributed by atoms with Crippen LogP contribution in [-0.4, -0.2) is 11.9 Å². The molecule has 0 bridgehead atoms. The summed E-state index contributed by atoms with van der Waals surface area (Å²) in [5.41, 5.74) is 0. The minimum absolute atomic E-state index is 1.21. The van der Waals surface area contributed by atoms with Crippen LogP contribution in [0.5, 0.6) is 0 Å². The third-order valence-corrected chi connectivity index (χ3v) is 1.90. The second-order valence-corrected chi connectivity index (χ2v) is 2.66. The van der Waals surface area contributed by atoms with Gasteiger partial charge in [-0.2, -0.15) is 0 Å². The minimum Gasteiger partial charge on any atom is -0.272 e. The highest BCUT2D eigenvalue weighted by molar-refractivity contribution is 7.95. The molecule has 0 aromatic carbocycles.